The van der Waals surface area contributed by atoms with Crippen LogP contribution in [0.3, 0.4) is 0 Å². The first-order chi connectivity index (χ1) is 8.74. The van der Waals surface area contributed by atoms with Crippen molar-refractivity contribution in [3.05, 3.63) is 0 Å². The number of carbonyl (C=O) groups is 1. The summed E-state index contributed by atoms with van der Waals surface area (Å²) in [6.07, 6.45) is 5.29. The fraction of sp³-hybridized carbons (Fsp3) is 0.929. The number of hydrogen-bond acceptors (Lipinski definition) is 3. The second kappa shape index (κ2) is 6.53. The first kappa shape index (κ1) is 13.8. The maximum absolute atomic E-state index is 11.9. The Morgan fingerprint density at radius 2 is 2.06 bits per heavy atom. The van der Waals surface area contributed by atoms with E-state index in [-0.39, 0.29) is 18.4 Å². The van der Waals surface area contributed by atoms with E-state index in [1.54, 1.807) is 0 Å². The zero-order valence-corrected chi connectivity index (χ0v) is 11.5. The molecule has 2 saturated heterocycles. The van der Waals surface area contributed by atoms with Crippen molar-refractivity contribution in [3.63, 3.8) is 0 Å². The van der Waals surface area contributed by atoms with Gasteiger partial charge in [0.2, 0.25) is 5.91 Å². The molecular formula is C14H26N2O2. The fourth-order valence-electron chi connectivity index (χ4n) is 3.12. The molecule has 104 valence electrons. The SMILES string of the molecule is CCCCN1CCC(N2CC(CO)CC2=O)CC1. The lowest BCUT2D eigenvalue weighted by molar-refractivity contribution is -0.130. The summed E-state index contributed by atoms with van der Waals surface area (Å²) in [5, 5.41) is 9.15. The van der Waals surface area contributed by atoms with Crippen LogP contribution in [0.5, 0.6) is 0 Å². The van der Waals surface area contributed by atoms with Crippen LogP contribution in [-0.2, 0) is 4.79 Å². The van der Waals surface area contributed by atoms with E-state index in [4.69, 9.17) is 5.11 Å². The molecule has 1 amide bonds. The quantitative estimate of drug-likeness (QED) is 0.799. The second-order valence-corrected chi connectivity index (χ2v) is 5.73. The molecule has 0 aliphatic carbocycles. The lowest BCUT2D eigenvalue weighted by atomic mass is 10.0. The van der Waals surface area contributed by atoms with Gasteiger partial charge in [-0.25, -0.2) is 0 Å². The Hall–Kier alpha value is -0.610. The zero-order valence-electron chi connectivity index (χ0n) is 11.5. The number of hydrogen-bond donors (Lipinski definition) is 1. The number of unbranched alkanes of at least 4 members (excludes halogenated alkanes) is 1. The van der Waals surface area contributed by atoms with Crippen LogP contribution in [0, 0.1) is 5.92 Å². The molecule has 2 aliphatic rings. The van der Waals surface area contributed by atoms with Crippen molar-refractivity contribution in [2.45, 2.75) is 45.1 Å². The van der Waals surface area contributed by atoms with Gasteiger partial charge in [0.05, 0.1) is 0 Å². The summed E-state index contributed by atoms with van der Waals surface area (Å²) < 4.78 is 0. The molecule has 0 aromatic rings. The predicted molar refractivity (Wildman–Crippen MR) is 71.3 cm³/mol. The van der Waals surface area contributed by atoms with E-state index in [9.17, 15) is 4.79 Å². The molecule has 2 fully saturated rings. The molecule has 0 radical (unpaired) electrons. The number of amides is 1. The van der Waals surface area contributed by atoms with Crippen LogP contribution in [0.25, 0.3) is 0 Å². The van der Waals surface area contributed by atoms with Gasteiger partial charge in [-0.05, 0) is 25.8 Å². The van der Waals surface area contributed by atoms with E-state index in [0.717, 1.165) is 32.5 Å². The normalized spacial score (nSPS) is 27.1. The fourth-order valence-corrected chi connectivity index (χ4v) is 3.12. The summed E-state index contributed by atoms with van der Waals surface area (Å²) >= 11 is 0. The Morgan fingerprint density at radius 1 is 1.33 bits per heavy atom. The van der Waals surface area contributed by atoms with Crippen molar-refractivity contribution < 1.29 is 9.90 Å². The summed E-state index contributed by atoms with van der Waals surface area (Å²) in [5.41, 5.74) is 0. The minimum Gasteiger partial charge on any atom is -0.396 e. The van der Waals surface area contributed by atoms with Gasteiger partial charge in [-0.2, -0.15) is 0 Å². The highest BCUT2D eigenvalue weighted by molar-refractivity contribution is 5.79. The monoisotopic (exact) mass is 254 g/mol. The third-order valence-corrected chi connectivity index (χ3v) is 4.32. The molecule has 2 rings (SSSR count). The Kier molecular flexibility index (Phi) is 5.01. The Morgan fingerprint density at radius 3 is 2.61 bits per heavy atom. The molecule has 2 aliphatic heterocycles. The van der Waals surface area contributed by atoms with Gasteiger partial charge in [0.15, 0.2) is 0 Å². The zero-order chi connectivity index (χ0) is 13.0. The molecule has 1 unspecified atom stereocenters. The Balaban J connectivity index is 1.77. The molecule has 0 saturated carbocycles. The lowest BCUT2D eigenvalue weighted by Crippen LogP contribution is -2.45. The van der Waals surface area contributed by atoms with Gasteiger partial charge in [-0.3, -0.25) is 4.79 Å². The van der Waals surface area contributed by atoms with Crippen LogP contribution in [0.1, 0.15) is 39.0 Å². The van der Waals surface area contributed by atoms with Crippen molar-refractivity contribution >= 4 is 5.91 Å². The molecule has 4 heteroatoms. The van der Waals surface area contributed by atoms with E-state index in [2.05, 4.69) is 11.8 Å². The number of piperidine rings is 1. The third-order valence-electron chi connectivity index (χ3n) is 4.32. The third kappa shape index (κ3) is 3.23. The summed E-state index contributed by atoms with van der Waals surface area (Å²) in [6.45, 7) is 6.60. The van der Waals surface area contributed by atoms with E-state index in [1.165, 1.54) is 19.4 Å². The van der Waals surface area contributed by atoms with E-state index in [1.807, 2.05) is 4.90 Å². The van der Waals surface area contributed by atoms with Gasteiger partial charge < -0.3 is 14.9 Å². The molecule has 0 spiro atoms. The molecule has 0 aromatic heterocycles. The Labute approximate surface area is 110 Å². The lowest BCUT2D eigenvalue weighted by Gasteiger charge is -2.36. The minimum atomic E-state index is 0.150. The summed E-state index contributed by atoms with van der Waals surface area (Å²) in [5.74, 6) is 0.427. The minimum absolute atomic E-state index is 0.150. The predicted octanol–water partition coefficient (Wildman–Crippen LogP) is 1.09. The standard InChI is InChI=1S/C14H26N2O2/c1-2-3-6-15-7-4-13(5-8-15)16-10-12(11-17)9-14(16)18/h12-13,17H,2-11H2,1H3. The van der Waals surface area contributed by atoms with Crippen LogP contribution in [0.15, 0.2) is 0 Å². The van der Waals surface area contributed by atoms with E-state index in [0.29, 0.717) is 12.5 Å². The highest BCUT2D eigenvalue weighted by Gasteiger charge is 2.35. The molecule has 1 atom stereocenters. The number of aliphatic hydroxyl groups is 1. The van der Waals surface area contributed by atoms with Crippen LogP contribution in [0.4, 0.5) is 0 Å². The number of rotatable bonds is 5. The van der Waals surface area contributed by atoms with Crippen molar-refractivity contribution in [1.82, 2.24) is 9.80 Å². The molecule has 1 N–H and O–H groups in total. The average molecular weight is 254 g/mol. The maximum Gasteiger partial charge on any atom is 0.223 e. The summed E-state index contributed by atoms with van der Waals surface area (Å²) in [6, 6.07) is 0.423. The highest BCUT2D eigenvalue weighted by Crippen LogP contribution is 2.25. The van der Waals surface area contributed by atoms with E-state index < -0.39 is 0 Å². The van der Waals surface area contributed by atoms with Crippen LogP contribution in [-0.4, -0.2) is 59.6 Å². The number of aliphatic hydroxyl groups excluding tert-OH is 1. The molecule has 18 heavy (non-hydrogen) atoms. The molecular weight excluding hydrogens is 228 g/mol. The van der Waals surface area contributed by atoms with Gasteiger partial charge >= 0.3 is 0 Å². The average Bonchev–Trinajstić information content (AvgIpc) is 2.78. The van der Waals surface area contributed by atoms with Gasteiger partial charge in [0.25, 0.3) is 0 Å². The summed E-state index contributed by atoms with van der Waals surface area (Å²) in [4.78, 5) is 16.4. The molecule has 4 nitrogen and oxygen atoms in total. The largest absolute Gasteiger partial charge is 0.396 e. The first-order valence-corrected chi connectivity index (χ1v) is 7.37. The van der Waals surface area contributed by atoms with Crippen LogP contribution in [0.2, 0.25) is 0 Å². The van der Waals surface area contributed by atoms with Gasteiger partial charge in [0.1, 0.15) is 0 Å². The smallest absolute Gasteiger partial charge is 0.223 e. The Bertz CT molecular complexity index is 275. The van der Waals surface area contributed by atoms with Gasteiger partial charge in [-0.15, -0.1) is 0 Å². The van der Waals surface area contributed by atoms with E-state index >= 15 is 0 Å². The maximum atomic E-state index is 11.9. The molecule has 2 heterocycles. The van der Waals surface area contributed by atoms with Gasteiger partial charge in [-0.1, -0.05) is 13.3 Å². The van der Waals surface area contributed by atoms with Crippen molar-refractivity contribution in [3.8, 4) is 0 Å². The van der Waals surface area contributed by atoms with Crippen molar-refractivity contribution in [2.24, 2.45) is 5.92 Å². The van der Waals surface area contributed by atoms with Crippen LogP contribution < -0.4 is 0 Å². The number of likely N-dealkylation sites (tertiary alicyclic amines) is 2. The summed E-state index contributed by atoms with van der Waals surface area (Å²) in [7, 11) is 0. The van der Waals surface area contributed by atoms with Gasteiger partial charge in [0, 0.05) is 44.6 Å². The van der Waals surface area contributed by atoms with Crippen molar-refractivity contribution in [2.75, 3.05) is 32.8 Å². The number of nitrogens with zero attached hydrogens (tertiary/aromatic N) is 2. The second-order valence-electron chi connectivity index (χ2n) is 5.73. The van der Waals surface area contributed by atoms with Crippen molar-refractivity contribution in [1.29, 1.82) is 0 Å². The highest BCUT2D eigenvalue weighted by atomic mass is 16.3. The molecule has 0 bridgehead atoms. The first-order valence-electron chi connectivity index (χ1n) is 7.37. The topological polar surface area (TPSA) is 43.8 Å². The van der Waals surface area contributed by atoms with Crippen LogP contribution >= 0.6 is 0 Å². The number of carbonyl (C=O) groups excluding carboxylic acids is 1. The molecule has 0 aromatic carbocycles.